The van der Waals surface area contributed by atoms with E-state index in [0.717, 1.165) is 0 Å². The highest BCUT2D eigenvalue weighted by Gasteiger charge is 2.09. The highest BCUT2D eigenvalue weighted by molar-refractivity contribution is 9.09. The number of allylic oxidation sites excluding steroid dienone is 1. The number of benzene rings is 1. The van der Waals surface area contributed by atoms with E-state index in [1.54, 1.807) is 6.08 Å². The molecule has 0 aliphatic carbocycles. The van der Waals surface area contributed by atoms with Crippen LogP contribution in [-0.2, 0) is 4.74 Å². The molecule has 17 heavy (non-hydrogen) atoms. The molecule has 0 aliphatic heterocycles. The largest absolute Gasteiger partial charge is 0.458 e. The third-order valence-electron chi connectivity index (χ3n) is 1.88. The second-order valence-corrected chi connectivity index (χ2v) is 3.68. The highest BCUT2D eigenvalue weighted by atomic mass is 79.9. The van der Waals surface area contributed by atoms with Crippen molar-refractivity contribution in [1.29, 1.82) is 0 Å². The minimum absolute atomic E-state index is 0.0549. The topological polar surface area (TPSA) is 69.4 Å². The molecule has 0 heterocycles. The number of nitro benzene ring substituents is 1. The van der Waals surface area contributed by atoms with Crippen molar-refractivity contribution in [2.45, 2.75) is 0 Å². The molecule has 1 rings (SSSR count). The third kappa shape index (κ3) is 4.36. The Morgan fingerprint density at radius 2 is 2.00 bits per heavy atom. The van der Waals surface area contributed by atoms with E-state index >= 15 is 0 Å². The van der Waals surface area contributed by atoms with Gasteiger partial charge in [0.05, 0.1) is 10.5 Å². The fourth-order valence-corrected chi connectivity index (χ4v) is 1.32. The zero-order valence-electron chi connectivity index (χ0n) is 8.84. The summed E-state index contributed by atoms with van der Waals surface area (Å²) >= 11 is 3.19. The van der Waals surface area contributed by atoms with E-state index in [-0.39, 0.29) is 12.3 Å². The number of ether oxygens (including phenoxy) is 1. The lowest BCUT2D eigenvalue weighted by Gasteiger charge is -2.01. The monoisotopic (exact) mass is 299 g/mol. The number of hydrogen-bond acceptors (Lipinski definition) is 4. The number of carbonyl (C=O) groups excluding carboxylic acids is 1. The molecule has 0 unspecified atom stereocenters. The van der Waals surface area contributed by atoms with Gasteiger partial charge in [-0.2, -0.15) is 0 Å². The van der Waals surface area contributed by atoms with Gasteiger partial charge in [0.2, 0.25) is 0 Å². The van der Waals surface area contributed by atoms with E-state index in [9.17, 15) is 14.9 Å². The van der Waals surface area contributed by atoms with Gasteiger partial charge in [0, 0.05) is 17.5 Å². The molecule has 0 atom stereocenters. The number of alkyl halides is 1. The van der Waals surface area contributed by atoms with Gasteiger partial charge in [0.25, 0.3) is 5.69 Å². The minimum Gasteiger partial charge on any atom is -0.458 e. The second kappa shape index (κ2) is 6.80. The molecular weight excluding hydrogens is 290 g/mol. The van der Waals surface area contributed by atoms with Crippen molar-refractivity contribution in [3.05, 3.63) is 52.1 Å². The first kappa shape index (κ1) is 13.4. The average Bonchev–Trinajstić information content (AvgIpc) is 2.34. The maximum atomic E-state index is 11.5. The van der Waals surface area contributed by atoms with E-state index < -0.39 is 10.9 Å². The predicted molar refractivity (Wildman–Crippen MR) is 66.3 cm³/mol. The fraction of sp³-hybridized carbons (Fsp3) is 0.182. The first-order valence-electron chi connectivity index (χ1n) is 4.77. The van der Waals surface area contributed by atoms with Crippen LogP contribution in [0, 0.1) is 10.1 Å². The number of non-ortho nitro benzene ring substituents is 1. The van der Waals surface area contributed by atoms with Gasteiger partial charge in [-0.1, -0.05) is 28.1 Å². The van der Waals surface area contributed by atoms with Gasteiger partial charge in [-0.25, -0.2) is 4.79 Å². The summed E-state index contributed by atoms with van der Waals surface area (Å²) in [6, 6.07) is 5.28. The summed E-state index contributed by atoms with van der Waals surface area (Å²) in [5.41, 5.74) is 0.239. The molecule has 6 heteroatoms. The van der Waals surface area contributed by atoms with Crippen LogP contribution < -0.4 is 0 Å². The Hall–Kier alpha value is -1.69. The van der Waals surface area contributed by atoms with Crippen molar-refractivity contribution in [2.75, 3.05) is 11.9 Å². The molecular formula is C11H10BrNO4. The van der Waals surface area contributed by atoms with Gasteiger partial charge < -0.3 is 4.74 Å². The standard InChI is InChI=1S/C11H10BrNO4/c12-7-1-2-8-17-11(14)9-3-5-10(6-4-9)13(15)16/h1-6H,7-8H2/b2-1+. The maximum absolute atomic E-state index is 11.5. The Kier molecular flexibility index (Phi) is 5.35. The maximum Gasteiger partial charge on any atom is 0.338 e. The third-order valence-corrected chi connectivity index (χ3v) is 2.25. The second-order valence-electron chi connectivity index (χ2n) is 3.03. The average molecular weight is 300 g/mol. The van der Waals surface area contributed by atoms with Crippen molar-refractivity contribution in [1.82, 2.24) is 0 Å². The van der Waals surface area contributed by atoms with Crippen LogP contribution in [0.1, 0.15) is 10.4 Å². The van der Waals surface area contributed by atoms with Gasteiger partial charge in [0.15, 0.2) is 0 Å². The number of hydrogen-bond donors (Lipinski definition) is 0. The Morgan fingerprint density at radius 1 is 1.35 bits per heavy atom. The number of esters is 1. The summed E-state index contributed by atoms with van der Waals surface area (Å²) in [6.07, 6.45) is 3.52. The van der Waals surface area contributed by atoms with Crippen LogP contribution in [0.5, 0.6) is 0 Å². The first-order chi connectivity index (χ1) is 8.15. The Bertz CT molecular complexity index is 428. The summed E-state index contributed by atoms with van der Waals surface area (Å²) in [5.74, 6) is -0.501. The van der Waals surface area contributed by atoms with Crippen LogP contribution >= 0.6 is 15.9 Å². The summed E-state index contributed by atoms with van der Waals surface area (Å²) in [5, 5.41) is 11.1. The number of rotatable bonds is 5. The summed E-state index contributed by atoms with van der Waals surface area (Å²) < 4.78 is 4.91. The van der Waals surface area contributed by atoms with E-state index in [1.165, 1.54) is 24.3 Å². The molecule has 0 fully saturated rings. The zero-order valence-corrected chi connectivity index (χ0v) is 10.4. The van der Waals surface area contributed by atoms with Crippen LogP contribution in [0.3, 0.4) is 0 Å². The van der Waals surface area contributed by atoms with Crippen molar-refractivity contribution in [3.8, 4) is 0 Å². The molecule has 0 saturated carbocycles. The minimum atomic E-state index is -0.520. The number of halogens is 1. The number of nitro groups is 1. The lowest BCUT2D eigenvalue weighted by Crippen LogP contribution is -2.05. The molecule has 1 aromatic carbocycles. The molecule has 0 saturated heterocycles. The Balaban J connectivity index is 2.57. The van der Waals surface area contributed by atoms with E-state index in [1.807, 2.05) is 6.08 Å². The molecule has 5 nitrogen and oxygen atoms in total. The van der Waals surface area contributed by atoms with E-state index in [0.29, 0.717) is 10.9 Å². The summed E-state index contributed by atoms with van der Waals surface area (Å²) in [7, 11) is 0. The molecule has 0 radical (unpaired) electrons. The molecule has 0 bridgehead atoms. The van der Waals surface area contributed by atoms with Gasteiger partial charge >= 0.3 is 5.97 Å². The predicted octanol–water partition coefficient (Wildman–Crippen LogP) is 2.70. The molecule has 0 aliphatic rings. The first-order valence-corrected chi connectivity index (χ1v) is 5.90. The molecule has 0 amide bonds. The van der Waals surface area contributed by atoms with Gasteiger partial charge in [0.1, 0.15) is 6.61 Å². The zero-order chi connectivity index (χ0) is 12.7. The SMILES string of the molecule is O=C(OC/C=C/CBr)c1ccc([N+](=O)[O-])cc1. The van der Waals surface area contributed by atoms with Crippen molar-refractivity contribution < 1.29 is 14.5 Å². The normalized spacial score (nSPS) is 10.4. The molecule has 1 aromatic rings. The van der Waals surface area contributed by atoms with Gasteiger partial charge in [-0.05, 0) is 12.1 Å². The fourth-order valence-electron chi connectivity index (χ4n) is 1.06. The number of nitrogens with zero attached hydrogens (tertiary/aromatic N) is 1. The van der Waals surface area contributed by atoms with Gasteiger partial charge in [-0.15, -0.1) is 0 Å². The lowest BCUT2D eigenvalue weighted by molar-refractivity contribution is -0.384. The quantitative estimate of drug-likeness (QED) is 0.276. The molecule has 0 N–H and O–H groups in total. The van der Waals surface area contributed by atoms with Crippen molar-refractivity contribution in [3.63, 3.8) is 0 Å². The van der Waals surface area contributed by atoms with Crippen LogP contribution in [0.2, 0.25) is 0 Å². The Labute approximate surface area is 106 Å². The van der Waals surface area contributed by atoms with Crippen LogP contribution in [0.25, 0.3) is 0 Å². The van der Waals surface area contributed by atoms with Crippen molar-refractivity contribution >= 4 is 27.6 Å². The van der Waals surface area contributed by atoms with E-state index in [4.69, 9.17) is 4.74 Å². The van der Waals surface area contributed by atoms with Crippen LogP contribution in [0.15, 0.2) is 36.4 Å². The van der Waals surface area contributed by atoms with E-state index in [2.05, 4.69) is 15.9 Å². The van der Waals surface area contributed by atoms with Crippen molar-refractivity contribution in [2.24, 2.45) is 0 Å². The van der Waals surface area contributed by atoms with Gasteiger partial charge in [-0.3, -0.25) is 10.1 Å². The van der Waals surface area contributed by atoms with Crippen LogP contribution in [0.4, 0.5) is 5.69 Å². The lowest BCUT2D eigenvalue weighted by atomic mass is 10.2. The summed E-state index contributed by atoms with van der Waals surface area (Å²) in [6.45, 7) is 0.182. The highest BCUT2D eigenvalue weighted by Crippen LogP contribution is 2.12. The molecule has 90 valence electrons. The Morgan fingerprint density at radius 3 is 2.53 bits per heavy atom. The molecule has 0 aromatic heterocycles. The van der Waals surface area contributed by atoms with Crippen LogP contribution in [-0.4, -0.2) is 22.8 Å². The molecule has 0 spiro atoms. The smallest absolute Gasteiger partial charge is 0.338 e. The summed E-state index contributed by atoms with van der Waals surface area (Å²) in [4.78, 5) is 21.3. The number of carbonyl (C=O) groups is 1.